The van der Waals surface area contributed by atoms with Crippen molar-refractivity contribution in [3.63, 3.8) is 0 Å². The third kappa shape index (κ3) is 3.63. The zero-order chi connectivity index (χ0) is 10.1. The van der Waals surface area contributed by atoms with Crippen LogP contribution in [0, 0.1) is 0 Å². The molecule has 0 aromatic heterocycles. The molecule has 0 unspecified atom stereocenters. The SMILES string of the molecule is CN1CC(NC(=O)OC(C)(C)C)C1. The summed E-state index contributed by atoms with van der Waals surface area (Å²) in [5, 5.41) is 2.80. The van der Waals surface area contributed by atoms with Gasteiger partial charge in [0.2, 0.25) is 0 Å². The fourth-order valence-electron chi connectivity index (χ4n) is 1.26. The van der Waals surface area contributed by atoms with Crippen LogP contribution in [0.15, 0.2) is 0 Å². The van der Waals surface area contributed by atoms with E-state index in [1.165, 1.54) is 0 Å². The second-order valence-corrected chi connectivity index (χ2v) is 4.56. The Hall–Kier alpha value is -0.770. The van der Waals surface area contributed by atoms with Crippen molar-refractivity contribution in [1.82, 2.24) is 10.2 Å². The average molecular weight is 186 g/mol. The maximum absolute atomic E-state index is 11.2. The molecule has 0 saturated carbocycles. The summed E-state index contributed by atoms with van der Waals surface area (Å²) < 4.78 is 5.11. The summed E-state index contributed by atoms with van der Waals surface area (Å²) in [4.78, 5) is 13.4. The lowest BCUT2D eigenvalue weighted by molar-refractivity contribution is 0.0429. The second kappa shape index (κ2) is 3.54. The molecule has 1 N–H and O–H groups in total. The Morgan fingerprint density at radius 1 is 1.46 bits per heavy atom. The molecule has 1 fully saturated rings. The number of nitrogens with zero attached hydrogens (tertiary/aromatic N) is 1. The fraction of sp³-hybridized carbons (Fsp3) is 0.889. The summed E-state index contributed by atoms with van der Waals surface area (Å²) >= 11 is 0. The predicted molar refractivity (Wildman–Crippen MR) is 50.7 cm³/mol. The van der Waals surface area contributed by atoms with Crippen molar-refractivity contribution in [3.8, 4) is 0 Å². The first kappa shape index (κ1) is 10.3. The van der Waals surface area contributed by atoms with Gasteiger partial charge in [-0.1, -0.05) is 0 Å². The van der Waals surface area contributed by atoms with Gasteiger partial charge in [-0.15, -0.1) is 0 Å². The molecule has 1 rings (SSSR count). The van der Waals surface area contributed by atoms with Gasteiger partial charge in [0.1, 0.15) is 5.60 Å². The van der Waals surface area contributed by atoms with E-state index in [-0.39, 0.29) is 12.1 Å². The Kier molecular flexibility index (Phi) is 2.81. The van der Waals surface area contributed by atoms with Gasteiger partial charge in [0, 0.05) is 13.1 Å². The number of amides is 1. The van der Waals surface area contributed by atoms with E-state index < -0.39 is 5.60 Å². The van der Waals surface area contributed by atoms with E-state index in [0.717, 1.165) is 13.1 Å². The van der Waals surface area contributed by atoms with E-state index in [0.29, 0.717) is 0 Å². The number of alkyl carbamates (subject to hydrolysis) is 1. The molecule has 0 bridgehead atoms. The van der Waals surface area contributed by atoms with E-state index >= 15 is 0 Å². The van der Waals surface area contributed by atoms with Gasteiger partial charge in [-0.05, 0) is 27.8 Å². The van der Waals surface area contributed by atoms with Crippen LogP contribution in [0.5, 0.6) is 0 Å². The van der Waals surface area contributed by atoms with Gasteiger partial charge < -0.3 is 15.0 Å². The van der Waals surface area contributed by atoms with Crippen molar-refractivity contribution < 1.29 is 9.53 Å². The maximum Gasteiger partial charge on any atom is 0.407 e. The first-order valence-electron chi connectivity index (χ1n) is 4.55. The molecule has 0 aliphatic carbocycles. The van der Waals surface area contributed by atoms with E-state index in [2.05, 4.69) is 10.2 Å². The minimum Gasteiger partial charge on any atom is -0.444 e. The van der Waals surface area contributed by atoms with Crippen LogP contribution in [-0.4, -0.2) is 42.8 Å². The van der Waals surface area contributed by atoms with Crippen molar-refractivity contribution in [2.45, 2.75) is 32.4 Å². The highest BCUT2D eigenvalue weighted by Gasteiger charge is 2.26. The van der Waals surface area contributed by atoms with Crippen molar-refractivity contribution in [1.29, 1.82) is 0 Å². The molecule has 1 aliphatic rings. The Bertz CT molecular complexity index is 192. The topological polar surface area (TPSA) is 41.6 Å². The molecule has 0 radical (unpaired) electrons. The highest BCUT2D eigenvalue weighted by molar-refractivity contribution is 5.68. The third-order valence-corrected chi connectivity index (χ3v) is 1.78. The Labute approximate surface area is 79.2 Å². The summed E-state index contributed by atoms with van der Waals surface area (Å²) in [5.74, 6) is 0. The molecule has 13 heavy (non-hydrogen) atoms. The number of likely N-dealkylation sites (N-methyl/N-ethyl adjacent to an activating group) is 1. The van der Waals surface area contributed by atoms with Gasteiger partial charge in [-0.2, -0.15) is 0 Å². The number of rotatable bonds is 1. The van der Waals surface area contributed by atoms with Crippen molar-refractivity contribution >= 4 is 6.09 Å². The molecule has 4 nitrogen and oxygen atoms in total. The number of likely N-dealkylation sites (tertiary alicyclic amines) is 1. The van der Waals surface area contributed by atoms with E-state index in [4.69, 9.17) is 4.74 Å². The lowest BCUT2D eigenvalue weighted by atomic mass is 10.1. The van der Waals surface area contributed by atoms with Crippen LogP contribution >= 0.6 is 0 Å². The number of hydrogen-bond acceptors (Lipinski definition) is 3. The summed E-state index contributed by atoms with van der Waals surface area (Å²) in [6.07, 6.45) is -0.314. The monoisotopic (exact) mass is 186 g/mol. The van der Waals surface area contributed by atoms with Crippen LogP contribution in [0.3, 0.4) is 0 Å². The molecule has 0 atom stereocenters. The van der Waals surface area contributed by atoms with Crippen LogP contribution in [0.1, 0.15) is 20.8 Å². The zero-order valence-electron chi connectivity index (χ0n) is 8.76. The van der Waals surface area contributed by atoms with Gasteiger partial charge in [-0.25, -0.2) is 4.79 Å². The number of carbonyl (C=O) groups is 1. The van der Waals surface area contributed by atoms with Crippen LogP contribution < -0.4 is 5.32 Å². The number of hydrogen-bond donors (Lipinski definition) is 1. The number of ether oxygens (including phenoxy) is 1. The van der Waals surface area contributed by atoms with Crippen LogP contribution in [0.2, 0.25) is 0 Å². The van der Waals surface area contributed by atoms with E-state index in [1.54, 1.807) is 0 Å². The molecule has 0 spiro atoms. The number of nitrogens with one attached hydrogen (secondary N) is 1. The quantitative estimate of drug-likeness (QED) is 0.659. The average Bonchev–Trinajstić information content (AvgIpc) is 1.79. The van der Waals surface area contributed by atoms with E-state index in [1.807, 2.05) is 27.8 Å². The first-order valence-corrected chi connectivity index (χ1v) is 4.55. The summed E-state index contributed by atoms with van der Waals surface area (Å²) in [6.45, 7) is 7.41. The smallest absolute Gasteiger partial charge is 0.407 e. The number of carbonyl (C=O) groups excluding carboxylic acids is 1. The van der Waals surface area contributed by atoms with Crippen LogP contribution in [0.4, 0.5) is 4.79 Å². The molecular formula is C9H18N2O2. The third-order valence-electron chi connectivity index (χ3n) is 1.78. The van der Waals surface area contributed by atoms with Crippen molar-refractivity contribution in [2.75, 3.05) is 20.1 Å². The van der Waals surface area contributed by atoms with Gasteiger partial charge in [0.15, 0.2) is 0 Å². The molecule has 76 valence electrons. The molecule has 1 amide bonds. The van der Waals surface area contributed by atoms with Gasteiger partial charge in [-0.3, -0.25) is 0 Å². The fourth-order valence-corrected chi connectivity index (χ4v) is 1.26. The maximum atomic E-state index is 11.2. The predicted octanol–water partition coefficient (Wildman–Crippen LogP) is 0.825. The Morgan fingerprint density at radius 2 is 2.00 bits per heavy atom. The van der Waals surface area contributed by atoms with Crippen molar-refractivity contribution in [3.05, 3.63) is 0 Å². The van der Waals surface area contributed by atoms with Crippen LogP contribution in [-0.2, 0) is 4.74 Å². The van der Waals surface area contributed by atoms with Gasteiger partial charge in [0.25, 0.3) is 0 Å². The molecule has 1 heterocycles. The molecule has 1 saturated heterocycles. The molecule has 0 aromatic rings. The van der Waals surface area contributed by atoms with E-state index in [9.17, 15) is 4.79 Å². The van der Waals surface area contributed by atoms with Crippen LogP contribution in [0.25, 0.3) is 0 Å². The molecule has 0 aromatic carbocycles. The standard InChI is InChI=1S/C9H18N2O2/c1-9(2,3)13-8(12)10-7-5-11(4)6-7/h7H,5-6H2,1-4H3,(H,10,12). The minimum absolute atomic E-state index is 0.264. The highest BCUT2D eigenvalue weighted by atomic mass is 16.6. The lowest BCUT2D eigenvalue weighted by Gasteiger charge is -2.36. The highest BCUT2D eigenvalue weighted by Crippen LogP contribution is 2.08. The Balaban J connectivity index is 2.19. The van der Waals surface area contributed by atoms with Crippen molar-refractivity contribution in [2.24, 2.45) is 0 Å². The minimum atomic E-state index is -0.403. The summed E-state index contributed by atoms with van der Waals surface area (Å²) in [7, 11) is 2.02. The first-order chi connectivity index (χ1) is 5.87. The summed E-state index contributed by atoms with van der Waals surface area (Å²) in [5.41, 5.74) is -0.403. The van der Waals surface area contributed by atoms with Gasteiger partial charge in [0.05, 0.1) is 6.04 Å². The second-order valence-electron chi connectivity index (χ2n) is 4.56. The Morgan fingerprint density at radius 3 is 2.38 bits per heavy atom. The molecular weight excluding hydrogens is 168 g/mol. The lowest BCUT2D eigenvalue weighted by Crippen LogP contribution is -2.58. The van der Waals surface area contributed by atoms with Gasteiger partial charge >= 0.3 is 6.09 Å². The zero-order valence-corrected chi connectivity index (χ0v) is 8.76. The normalized spacial score (nSPS) is 19.4. The summed E-state index contributed by atoms with van der Waals surface area (Å²) in [6, 6.07) is 0.264. The molecule has 4 heteroatoms. The molecule has 1 aliphatic heterocycles. The largest absolute Gasteiger partial charge is 0.444 e.